The summed E-state index contributed by atoms with van der Waals surface area (Å²) >= 11 is 0. The van der Waals surface area contributed by atoms with Crippen LogP contribution in [0.2, 0.25) is 0 Å². The summed E-state index contributed by atoms with van der Waals surface area (Å²) in [5, 5.41) is 0. The van der Waals surface area contributed by atoms with E-state index in [9.17, 15) is 9.59 Å². The predicted molar refractivity (Wildman–Crippen MR) is 79.3 cm³/mol. The zero-order valence-corrected chi connectivity index (χ0v) is 12.4. The lowest BCUT2D eigenvalue weighted by atomic mass is 9.79. The molecule has 4 nitrogen and oxygen atoms in total. The molecule has 0 amide bonds. The van der Waals surface area contributed by atoms with E-state index in [1.807, 2.05) is 6.92 Å². The topological polar surface area (TPSA) is 52.6 Å². The van der Waals surface area contributed by atoms with Crippen LogP contribution in [0.25, 0.3) is 0 Å². The largest absolute Gasteiger partial charge is 0.497 e. The van der Waals surface area contributed by atoms with Gasteiger partial charge in [-0.2, -0.15) is 0 Å². The van der Waals surface area contributed by atoms with Gasteiger partial charge >= 0.3 is 5.97 Å². The number of carbonyl (C=O) groups is 2. The normalized spacial score (nSPS) is 21.5. The van der Waals surface area contributed by atoms with Gasteiger partial charge in [-0.05, 0) is 44.0 Å². The molecule has 21 heavy (non-hydrogen) atoms. The van der Waals surface area contributed by atoms with E-state index in [1.54, 1.807) is 31.4 Å². The van der Waals surface area contributed by atoms with Gasteiger partial charge in [0.2, 0.25) is 0 Å². The number of ketones is 1. The van der Waals surface area contributed by atoms with Gasteiger partial charge in [0.15, 0.2) is 5.78 Å². The fourth-order valence-electron chi connectivity index (χ4n) is 2.64. The first-order valence-corrected chi connectivity index (χ1v) is 7.02. The maximum atomic E-state index is 12.7. The number of ether oxygens (including phenoxy) is 2. The fraction of sp³-hybridized carbons (Fsp3) is 0.412. The standard InChI is InChI=1S/C17H20O4/c1-11(2)10-15-14(8-9-21-17(15)19)16(18)12-4-6-13(20-3)7-5-12/h4-7,14-15H,1,8-10H2,2-3H3. The first-order chi connectivity index (χ1) is 10.0. The van der Waals surface area contributed by atoms with E-state index in [2.05, 4.69) is 6.58 Å². The Kier molecular flexibility index (Phi) is 4.78. The number of rotatable bonds is 5. The average molecular weight is 288 g/mol. The molecule has 1 aromatic carbocycles. The molecule has 2 atom stereocenters. The average Bonchev–Trinajstić information content (AvgIpc) is 2.48. The number of benzene rings is 1. The third-order valence-corrected chi connectivity index (χ3v) is 3.74. The quantitative estimate of drug-likeness (QED) is 0.475. The SMILES string of the molecule is C=C(C)CC1C(=O)OCCC1C(=O)c1ccc(OC)cc1. The third-order valence-electron chi connectivity index (χ3n) is 3.74. The number of Topliss-reactive ketones (excluding diaryl/α,β-unsaturated/α-hetero) is 1. The molecule has 0 radical (unpaired) electrons. The Morgan fingerprint density at radius 2 is 2.05 bits per heavy atom. The Morgan fingerprint density at radius 3 is 2.62 bits per heavy atom. The Bertz CT molecular complexity index is 544. The number of carbonyl (C=O) groups excluding carboxylic acids is 2. The molecule has 0 bridgehead atoms. The van der Waals surface area contributed by atoms with Gasteiger partial charge in [-0.1, -0.05) is 5.57 Å². The first kappa shape index (κ1) is 15.3. The number of esters is 1. The van der Waals surface area contributed by atoms with Crippen LogP contribution >= 0.6 is 0 Å². The molecule has 1 fully saturated rings. The van der Waals surface area contributed by atoms with E-state index < -0.39 is 5.92 Å². The molecule has 0 aliphatic carbocycles. The van der Waals surface area contributed by atoms with Crippen molar-refractivity contribution in [2.24, 2.45) is 11.8 Å². The van der Waals surface area contributed by atoms with Crippen LogP contribution in [-0.4, -0.2) is 25.5 Å². The molecule has 0 aromatic heterocycles. The van der Waals surface area contributed by atoms with Crippen LogP contribution in [0.4, 0.5) is 0 Å². The second-order valence-corrected chi connectivity index (χ2v) is 5.42. The van der Waals surface area contributed by atoms with Gasteiger partial charge in [0.1, 0.15) is 5.75 Å². The molecule has 1 heterocycles. The number of hydrogen-bond acceptors (Lipinski definition) is 4. The van der Waals surface area contributed by atoms with Crippen molar-refractivity contribution < 1.29 is 19.1 Å². The molecule has 112 valence electrons. The second kappa shape index (κ2) is 6.57. The first-order valence-electron chi connectivity index (χ1n) is 7.02. The molecular formula is C17H20O4. The highest BCUT2D eigenvalue weighted by Gasteiger charge is 2.38. The molecule has 1 aromatic rings. The van der Waals surface area contributed by atoms with Crippen molar-refractivity contribution in [1.29, 1.82) is 0 Å². The molecule has 0 N–H and O–H groups in total. The van der Waals surface area contributed by atoms with Crippen LogP contribution in [0.5, 0.6) is 5.75 Å². The highest BCUT2D eigenvalue weighted by molar-refractivity contribution is 6.00. The summed E-state index contributed by atoms with van der Waals surface area (Å²) < 4.78 is 10.2. The summed E-state index contributed by atoms with van der Waals surface area (Å²) in [7, 11) is 1.58. The monoisotopic (exact) mass is 288 g/mol. The number of hydrogen-bond donors (Lipinski definition) is 0. The smallest absolute Gasteiger partial charge is 0.310 e. The van der Waals surface area contributed by atoms with E-state index >= 15 is 0 Å². The van der Waals surface area contributed by atoms with E-state index in [0.717, 1.165) is 5.57 Å². The lowest BCUT2D eigenvalue weighted by Crippen LogP contribution is -2.37. The van der Waals surface area contributed by atoms with Gasteiger partial charge in [0, 0.05) is 11.5 Å². The summed E-state index contributed by atoms with van der Waals surface area (Å²) in [6, 6.07) is 6.97. The van der Waals surface area contributed by atoms with E-state index in [0.29, 0.717) is 30.8 Å². The molecule has 1 aliphatic heterocycles. The minimum atomic E-state index is -0.425. The fourth-order valence-corrected chi connectivity index (χ4v) is 2.64. The lowest BCUT2D eigenvalue weighted by molar-refractivity contribution is -0.155. The zero-order valence-electron chi connectivity index (χ0n) is 12.4. The van der Waals surface area contributed by atoms with Crippen LogP contribution in [0.1, 0.15) is 30.1 Å². The van der Waals surface area contributed by atoms with Crippen LogP contribution in [-0.2, 0) is 9.53 Å². The van der Waals surface area contributed by atoms with Crippen LogP contribution in [0.3, 0.4) is 0 Å². The molecular weight excluding hydrogens is 268 g/mol. The van der Waals surface area contributed by atoms with Crippen molar-refractivity contribution >= 4 is 11.8 Å². The summed E-state index contributed by atoms with van der Waals surface area (Å²) in [4.78, 5) is 24.6. The molecule has 4 heteroatoms. The van der Waals surface area contributed by atoms with E-state index in [-0.39, 0.29) is 17.7 Å². The van der Waals surface area contributed by atoms with Crippen molar-refractivity contribution in [2.45, 2.75) is 19.8 Å². The lowest BCUT2D eigenvalue weighted by Gasteiger charge is -2.29. The van der Waals surface area contributed by atoms with Crippen molar-refractivity contribution in [3.8, 4) is 5.75 Å². The molecule has 1 aliphatic rings. The molecule has 2 rings (SSSR count). The van der Waals surface area contributed by atoms with Crippen molar-refractivity contribution in [1.82, 2.24) is 0 Å². The van der Waals surface area contributed by atoms with Gasteiger partial charge in [-0.3, -0.25) is 9.59 Å². The Balaban J connectivity index is 2.21. The Labute approximate surface area is 124 Å². The summed E-state index contributed by atoms with van der Waals surface area (Å²) in [6.45, 7) is 6.00. The van der Waals surface area contributed by atoms with E-state index in [1.165, 1.54) is 0 Å². The Morgan fingerprint density at radius 1 is 1.38 bits per heavy atom. The van der Waals surface area contributed by atoms with Crippen LogP contribution < -0.4 is 4.74 Å². The highest BCUT2D eigenvalue weighted by atomic mass is 16.5. The van der Waals surface area contributed by atoms with Gasteiger partial charge in [-0.15, -0.1) is 6.58 Å². The summed E-state index contributed by atoms with van der Waals surface area (Å²) in [5.41, 5.74) is 1.48. The minimum Gasteiger partial charge on any atom is -0.497 e. The predicted octanol–water partition coefficient (Wildman–Crippen LogP) is 3.02. The van der Waals surface area contributed by atoms with Crippen LogP contribution in [0.15, 0.2) is 36.4 Å². The maximum Gasteiger partial charge on any atom is 0.310 e. The van der Waals surface area contributed by atoms with Gasteiger partial charge in [0.05, 0.1) is 19.6 Å². The Hall–Kier alpha value is -2.10. The van der Waals surface area contributed by atoms with Crippen molar-refractivity contribution in [2.75, 3.05) is 13.7 Å². The van der Waals surface area contributed by atoms with E-state index in [4.69, 9.17) is 9.47 Å². The molecule has 0 saturated carbocycles. The highest BCUT2D eigenvalue weighted by Crippen LogP contribution is 2.31. The van der Waals surface area contributed by atoms with Gasteiger partial charge in [-0.25, -0.2) is 0 Å². The summed E-state index contributed by atoms with van der Waals surface area (Å²) in [5.74, 6) is -0.369. The third kappa shape index (κ3) is 3.51. The number of methoxy groups -OCH3 is 1. The minimum absolute atomic E-state index is 0.0134. The van der Waals surface area contributed by atoms with Crippen molar-refractivity contribution in [3.05, 3.63) is 42.0 Å². The van der Waals surface area contributed by atoms with Gasteiger partial charge in [0.25, 0.3) is 0 Å². The maximum absolute atomic E-state index is 12.7. The molecule has 1 saturated heterocycles. The number of cyclic esters (lactones) is 1. The molecule has 2 unspecified atom stereocenters. The number of allylic oxidation sites excluding steroid dienone is 1. The summed E-state index contributed by atoms with van der Waals surface area (Å²) in [6.07, 6.45) is 1.06. The molecule has 0 spiro atoms. The zero-order chi connectivity index (χ0) is 15.4. The van der Waals surface area contributed by atoms with Crippen molar-refractivity contribution in [3.63, 3.8) is 0 Å². The second-order valence-electron chi connectivity index (χ2n) is 5.42. The van der Waals surface area contributed by atoms with Gasteiger partial charge < -0.3 is 9.47 Å². The van der Waals surface area contributed by atoms with Crippen LogP contribution in [0, 0.1) is 11.8 Å².